The molecule has 0 aliphatic heterocycles. The summed E-state index contributed by atoms with van der Waals surface area (Å²) in [5.41, 5.74) is 0.523. The first kappa shape index (κ1) is 20.7. The number of carboxylic acid groups (broad SMARTS) is 1. The van der Waals surface area contributed by atoms with E-state index in [0.717, 1.165) is 32.1 Å². The summed E-state index contributed by atoms with van der Waals surface area (Å²) in [5.74, 6) is 2.36. The molecule has 4 heteroatoms. The van der Waals surface area contributed by atoms with Crippen LogP contribution in [0.3, 0.4) is 0 Å². The Morgan fingerprint density at radius 2 is 1.68 bits per heavy atom. The van der Waals surface area contributed by atoms with Gasteiger partial charge in [-0.05, 0) is 104 Å². The van der Waals surface area contributed by atoms with Crippen LogP contribution in [0, 0.1) is 46.3 Å². The van der Waals surface area contributed by atoms with E-state index in [1.165, 1.54) is 25.7 Å². The second-order valence-corrected chi connectivity index (χ2v) is 11.4. The van der Waals surface area contributed by atoms with Crippen molar-refractivity contribution in [3.05, 3.63) is 0 Å². The highest BCUT2D eigenvalue weighted by atomic mass is 16.4. The number of hydrogen-bond donors (Lipinski definition) is 3. The predicted molar refractivity (Wildman–Crippen MR) is 109 cm³/mol. The van der Waals surface area contributed by atoms with Crippen molar-refractivity contribution in [3.8, 4) is 0 Å². The van der Waals surface area contributed by atoms with Crippen LogP contribution in [0.2, 0.25) is 0 Å². The molecule has 0 bridgehead atoms. The first-order chi connectivity index (χ1) is 13.2. The summed E-state index contributed by atoms with van der Waals surface area (Å²) in [4.78, 5) is 11.1. The van der Waals surface area contributed by atoms with Gasteiger partial charge < -0.3 is 15.3 Å². The minimum Gasteiger partial charge on any atom is -0.481 e. The number of carbonyl (C=O) groups is 1. The molecule has 0 heterocycles. The molecule has 4 fully saturated rings. The molecule has 4 aliphatic rings. The van der Waals surface area contributed by atoms with Crippen molar-refractivity contribution in [2.45, 2.75) is 97.2 Å². The smallest absolute Gasteiger partial charge is 0.303 e. The maximum Gasteiger partial charge on any atom is 0.303 e. The third-order valence-electron chi connectivity index (χ3n) is 10.2. The highest BCUT2D eigenvalue weighted by Gasteiger charge is 2.62. The topological polar surface area (TPSA) is 77.8 Å². The molecular formula is C24H40O4. The first-order valence-electron chi connectivity index (χ1n) is 11.7. The third-order valence-corrected chi connectivity index (χ3v) is 10.2. The molecule has 0 aromatic carbocycles. The van der Waals surface area contributed by atoms with Gasteiger partial charge in [0, 0.05) is 6.42 Å². The lowest BCUT2D eigenvalue weighted by Gasteiger charge is -2.62. The summed E-state index contributed by atoms with van der Waals surface area (Å²) in [6.45, 7) is 7.16. The van der Waals surface area contributed by atoms with Crippen LogP contribution in [-0.2, 0) is 4.79 Å². The largest absolute Gasteiger partial charge is 0.481 e. The fourth-order valence-electron chi connectivity index (χ4n) is 8.73. The minimum absolute atomic E-state index is 0.179. The Labute approximate surface area is 170 Å². The number of fused-ring (bicyclic) bond motifs is 5. The Hall–Kier alpha value is -0.610. The highest BCUT2D eigenvalue weighted by Crippen LogP contribution is 2.68. The number of rotatable bonds is 4. The number of aliphatic hydroxyl groups is 2. The molecule has 10 atom stereocenters. The molecule has 4 aliphatic carbocycles. The van der Waals surface area contributed by atoms with E-state index in [1.807, 2.05) is 0 Å². The lowest BCUT2D eigenvalue weighted by molar-refractivity contribution is -0.174. The maximum atomic E-state index is 11.2. The Morgan fingerprint density at radius 1 is 1.00 bits per heavy atom. The van der Waals surface area contributed by atoms with Crippen molar-refractivity contribution in [3.63, 3.8) is 0 Å². The van der Waals surface area contributed by atoms with Crippen molar-refractivity contribution in [1.29, 1.82) is 0 Å². The van der Waals surface area contributed by atoms with E-state index in [0.29, 0.717) is 35.5 Å². The van der Waals surface area contributed by atoms with Gasteiger partial charge >= 0.3 is 5.97 Å². The van der Waals surface area contributed by atoms with Crippen molar-refractivity contribution >= 4 is 5.97 Å². The van der Waals surface area contributed by atoms with Crippen LogP contribution in [0.1, 0.15) is 85.0 Å². The van der Waals surface area contributed by atoms with Gasteiger partial charge in [-0.2, -0.15) is 0 Å². The van der Waals surface area contributed by atoms with Crippen LogP contribution in [0.15, 0.2) is 0 Å². The predicted octanol–water partition coefficient (Wildman–Crippen LogP) is 4.48. The van der Waals surface area contributed by atoms with Crippen LogP contribution in [0.4, 0.5) is 0 Å². The maximum absolute atomic E-state index is 11.2. The second-order valence-electron chi connectivity index (χ2n) is 11.4. The SMILES string of the molecule is C[C@H](CCC(=O)O)[C@@H]1CC[C@@H]2[C@@H]3[C@H](O)C[C@@H]4C[C@@H](O)CC[C@]4(C)[C@@H]3CC[C@@]21C. The summed E-state index contributed by atoms with van der Waals surface area (Å²) in [5, 5.41) is 30.5. The highest BCUT2D eigenvalue weighted by molar-refractivity contribution is 5.66. The molecule has 0 radical (unpaired) electrons. The average Bonchev–Trinajstić information content (AvgIpc) is 2.98. The fraction of sp³-hybridized carbons (Fsp3) is 0.958. The summed E-state index contributed by atoms with van der Waals surface area (Å²) >= 11 is 0. The molecule has 4 saturated carbocycles. The zero-order valence-electron chi connectivity index (χ0n) is 17.9. The molecule has 160 valence electrons. The van der Waals surface area contributed by atoms with Crippen LogP contribution in [0.5, 0.6) is 0 Å². The molecule has 28 heavy (non-hydrogen) atoms. The first-order valence-corrected chi connectivity index (χ1v) is 11.7. The molecule has 0 spiro atoms. The van der Waals surface area contributed by atoms with E-state index in [1.54, 1.807) is 0 Å². The summed E-state index contributed by atoms with van der Waals surface area (Å²) in [7, 11) is 0. The van der Waals surface area contributed by atoms with Crippen molar-refractivity contribution in [2.75, 3.05) is 0 Å². The van der Waals surface area contributed by atoms with Gasteiger partial charge in [0.2, 0.25) is 0 Å². The van der Waals surface area contributed by atoms with Gasteiger partial charge in [-0.3, -0.25) is 4.79 Å². The van der Waals surface area contributed by atoms with Crippen molar-refractivity contribution in [1.82, 2.24) is 0 Å². The molecule has 4 rings (SSSR count). The third kappa shape index (κ3) is 3.14. The Morgan fingerprint density at radius 3 is 2.39 bits per heavy atom. The Kier molecular flexibility index (Phi) is 5.36. The van der Waals surface area contributed by atoms with Crippen molar-refractivity contribution in [2.24, 2.45) is 46.3 Å². The van der Waals surface area contributed by atoms with E-state index < -0.39 is 5.97 Å². The van der Waals surface area contributed by atoms with Gasteiger partial charge in [0.1, 0.15) is 0 Å². The molecule has 3 N–H and O–H groups in total. The normalized spacial score (nSPS) is 51.7. The van der Waals surface area contributed by atoms with Crippen LogP contribution >= 0.6 is 0 Å². The summed E-state index contributed by atoms with van der Waals surface area (Å²) < 4.78 is 0. The van der Waals surface area contributed by atoms with Gasteiger partial charge in [0.05, 0.1) is 12.2 Å². The lowest BCUT2D eigenvalue weighted by Crippen LogP contribution is -2.58. The molecular weight excluding hydrogens is 352 g/mol. The number of aliphatic carboxylic acids is 1. The lowest BCUT2D eigenvalue weighted by atomic mass is 9.43. The fourth-order valence-corrected chi connectivity index (χ4v) is 8.73. The van der Waals surface area contributed by atoms with Crippen molar-refractivity contribution < 1.29 is 20.1 Å². The van der Waals surface area contributed by atoms with Gasteiger partial charge in [-0.25, -0.2) is 0 Å². The van der Waals surface area contributed by atoms with Crippen LogP contribution < -0.4 is 0 Å². The van der Waals surface area contributed by atoms with Gasteiger partial charge in [0.25, 0.3) is 0 Å². The van der Waals surface area contributed by atoms with E-state index >= 15 is 0 Å². The Balaban J connectivity index is 1.55. The van der Waals surface area contributed by atoms with Crippen LogP contribution in [0.25, 0.3) is 0 Å². The number of carboxylic acids is 1. The monoisotopic (exact) mass is 392 g/mol. The average molecular weight is 393 g/mol. The summed E-state index contributed by atoms with van der Waals surface area (Å²) in [6, 6.07) is 0. The van der Waals surface area contributed by atoms with Gasteiger partial charge in [0.15, 0.2) is 0 Å². The van der Waals surface area contributed by atoms with Crippen LogP contribution in [-0.4, -0.2) is 33.5 Å². The zero-order chi connectivity index (χ0) is 20.3. The summed E-state index contributed by atoms with van der Waals surface area (Å²) in [6.07, 6.45) is 9.19. The molecule has 4 nitrogen and oxygen atoms in total. The van der Waals surface area contributed by atoms with E-state index in [-0.39, 0.29) is 29.5 Å². The standard InChI is InChI=1S/C24H40O4/c1-14(4-7-21(27)28)17-5-6-18-22-19(9-11-24(17,18)3)23(2)10-8-16(25)12-15(23)13-20(22)26/h14-20,22,25-26H,4-13H2,1-3H3,(H,27,28)/t14-,15+,16+,17+,18-,19-,20-,22+,23+,24-/m1/s1. The Bertz CT molecular complexity index is 605. The van der Waals surface area contributed by atoms with Gasteiger partial charge in [-0.15, -0.1) is 0 Å². The second kappa shape index (κ2) is 7.27. The minimum atomic E-state index is -0.684. The van der Waals surface area contributed by atoms with E-state index in [9.17, 15) is 15.0 Å². The molecule has 0 unspecified atom stereocenters. The van der Waals surface area contributed by atoms with Gasteiger partial charge in [-0.1, -0.05) is 20.8 Å². The quantitative estimate of drug-likeness (QED) is 0.659. The van der Waals surface area contributed by atoms with E-state index in [4.69, 9.17) is 5.11 Å². The molecule has 0 aromatic rings. The molecule has 0 saturated heterocycles. The zero-order valence-corrected chi connectivity index (χ0v) is 17.9. The molecule has 0 amide bonds. The van der Waals surface area contributed by atoms with E-state index in [2.05, 4.69) is 20.8 Å². The molecule has 0 aromatic heterocycles. The number of aliphatic hydroxyl groups excluding tert-OH is 2. The number of hydrogen-bond acceptors (Lipinski definition) is 3.